The van der Waals surface area contributed by atoms with Gasteiger partial charge in [0.05, 0.1) is 4.92 Å². The van der Waals surface area contributed by atoms with Gasteiger partial charge in [-0.1, -0.05) is 42.7 Å². The van der Waals surface area contributed by atoms with Crippen LogP contribution in [0.2, 0.25) is 0 Å². The van der Waals surface area contributed by atoms with Gasteiger partial charge in [-0.3, -0.25) is 14.9 Å². The molecular weight excluding hydrogens is 340 g/mol. The minimum atomic E-state index is -0.456. The zero-order valence-corrected chi connectivity index (χ0v) is 14.2. The molecule has 128 valence electrons. The number of hydrogen-bond donors (Lipinski definition) is 0. The molecule has 0 amide bonds. The molecule has 7 nitrogen and oxygen atoms in total. The van der Waals surface area contributed by atoms with Gasteiger partial charge in [-0.15, -0.1) is 0 Å². The second-order valence-electron chi connectivity index (χ2n) is 6.24. The predicted molar refractivity (Wildman–Crippen MR) is 94.2 cm³/mol. The van der Waals surface area contributed by atoms with Gasteiger partial charge in [0, 0.05) is 23.6 Å². The number of fused-ring (bicyclic) bond motifs is 1. The van der Waals surface area contributed by atoms with E-state index in [1.807, 2.05) is 0 Å². The molecule has 1 aromatic carbocycles. The Morgan fingerprint density at radius 1 is 1.28 bits per heavy atom. The summed E-state index contributed by atoms with van der Waals surface area (Å²) in [6.07, 6.45) is 6.68. The van der Waals surface area contributed by atoms with Crippen LogP contribution >= 0.6 is 11.3 Å². The van der Waals surface area contributed by atoms with Gasteiger partial charge in [0.15, 0.2) is 6.29 Å². The van der Waals surface area contributed by atoms with Gasteiger partial charge in [-0.05, 0) is 12.8 Å². The van der Waals surface area contributed by atoms with Crippen LogP contribution in [0, 0.1) is 10.1 Å². The van der Waals surface area contributed by atoms with Crippen molar-refractivity contribution < 1.29 is 9.72 Å². The van der Waals surface area contributed by atoms with Crippen LogP contribution in [0.1, 0.15) is 53.5 Å². The smallest absolute Gasteiger partial charge is 0.270 e. The van der Waals surface area contributed by atoms with Crippen LogP contribution in [0.15, 0.2) is 24.3 Å². The number of non-ortho nitro benzene ring substituents is 1. The average molecular weight is 356 g/mol. The number of carbonyl (C=O) groups is 1. The predicted octanol–water partition coefficient (Wildman–Crippen LogP) is 4.23. The Bertz CT molecular complexity index is 956. The van der Waals surface area contributed by atoms with Crippen molar-refractivity contribution in [3.63, 3.8) is 0 Å². The van der Waals surface area contributed by atoms with E-state index in [1.165, 1.54) is 42.7 Å². The molecule has 1 aliphatic carbocycles. The number of hydrogen-bond acceptors (Lipinski definition) is 6. The quantitative estimate of drug-likeness (QED) is 0.396. The molecule has 0 atom stereocenters. The lowest BCUT2D eigenvalue weighted by atomic mass is 9.90. The first-order valence-corrected chi connectivity index (χ1v) is 9.08. The maximum Gasteiger partial charge on any atom is 0.270 e. The number of nitro groups is 1. The van der Waals surface area contributed by atoms with Crippen LogP contribution in [0.3, 0.4) is 0 Å². The van der Waals surface area contributed by atoms with Gasteiger partial charge >= 0.3 is 0 Å². The molecule has 1 saturated carbocycles. The van der Waals surface area contributed by atoms with Crippen molar-refractivity contribution in [2.45, 2.75) is 38.0 Å². The average Bonchev–Trinajstić information content (AvgIpc) is 3.20. The second-order valence-corrected chi connectivity index (χ2v) is 7.23. The van der Waals surface area contributed by atoms with E-state index in [2.05, 4.69) is 10.1 Å². The molecule has 25 heavy (non-hydrogen) atoms. The van der Waals surface area contributed by atoms with Crippen LogP contribution in [-0.2, 0) is 0 Å². The first-order valence-electron chi connectivity index (χ1n) is 8.27. The molecule has 0 aliphatic heterocycles. The standard InChI is InChI=1S/C17H16N4O3S/c22-10-14-15(12-7-4-8-13(9-12)21(23)24)18-17-20(14)19-16(25-17)11-5-2-1-3-6-11/h4,7-11H,1-3,5-6H2. The normalized spacial score (nSPS) is 15.5. The summed E-state index contributed by atoms with van der Waals surface area (Å²) in [5.41, 5.74) is 1.30. The molecule has 0 saturated heterocycles. The highest BCUT2D eigenvalue weighted by molar-refractivity contribution is 7.16. The van der Waals surface area contributed by atoms with Gasteiger partial charge in [0.1, 0.15) is 16.4 Å². The molecule has 0 radical (unpaired) electrons. The third-order valence-electron chi connectivity index (χ3n) is 4.65. The number of carbonyl (C=O) groups excluding carboxylic acids is 1. The van der Waals surface area contributed by atoms with Crippen molar-refractivity contribution in [3.05, 3.63) is 45.1 Å². The molecule has 1 aliphatic rings. The van der Waals surface area contributed by atoms with Gasteiger partial charge in [-0.25, -0.2) is 4.98 Å². The number of aldehydes is 1. The van der Waals surface area contributed by atoms with E-state index in [4.69, 9.17) is 0 Å². The molecule has 0 unspecified atom stereocenters. The van der Waals surface area contributed by atoms with Crippen LogP contribution in [0.25, 0.3) is 16.2 Å². The Morgan fingerprint density at radius 3 is 2.80 bits per heavy atom. The Morgan fingerprint density at radius 2 is 2.08 bits per heavy atom. The lowest BCUT2D eigenvalue weighted by Crippen LogP contribution is -2.05. The fourth-order valence-electron chi connectivity index (χ4n) is 3.38. The lowest BCUT2D eigenvalue weighted by Gasteiger charge is -2.18. The summed E-state index contributed by atoms with van der Waals surface area (Å²) in [7, 11) is 0. The fourth-order valence-corrected chi connectivity index (χ4v) is 4.45. The Kier molecular flexibility index (Phi) is 4.04. The first-order chi connectivity index (χ1) is 12.2. The summed E-state index contributed by atoms with van der Waals surface area (Å²) in [6, 6.07) is 6.16. The Labute approximate surface area is 147 Å². The Balaban J connectivity index is 1.78. The fraction of sp³-hybridized carbons (Fsp3) is 0.353. The number of nitrogens with zero attached hydrogens (tertiary/aromatic N) is 4. The topological polar surface area (TPSA) is 90.4 Å². The van der Waals surface area contributed by atoms with Gasteiger partial charge in [0.25, 0.3) is 5.69 Å². The Hall–Kier alpha value is -2.61. The second kappa shape index (κ2) is 6.36. The number of imidazole rings is 1. The summed E-state index contributed by atoms with van der Waals surface area (Å²) in [4.78, 5) is 27.4. The molecule has 0 spiro atoms. The summed E-state index contributed by atoms with van der Waals surface area (Å²) in [6.45, 7) is 0. The summed E-state index contributed by atoms with van der Waals surface area (Å²) in [5, 5.41) is 16.6. The zero-order chi connectivity index (χ0) is 17.4. The number of aromatic nitrogens is 3. The summed E-state index contributed by atoms with van der Waals surface area (Å²) < 4.78 is 1.58. The largest absolute Gasteiger partial charge is 0.296 e. The summed E-state index contributed by atoms with van der Waals surface area (Å²) >= 11 is 1.51. The highest BCUT2D eigenvalue weighted by Gasteiger charge is 2.23. The first kappa shape index (κ1) is 15.9. The van der Waals surface area contributed by atoms with Crippen LogP contribution in [0.5, 0.6) is 0 Å². The maximum atomic E-state index is 11.6. The van der Waals surface area contributed by atoms with Gasteiger partial charge in [-0.2, -0.15) is 9.61 Å². The number of rotatable bonds is 4. The molecule has 8 heteroatoms. The third-order valence-corrected chi connectivity index (χ3v) is 5.72. The van der Waals surface area contributed by atoms with Crippen molar-refractivity contribution >= 4 is 28.3 Å². The highest BCUT2D eigenvalue weighted by atomic mass is 32.1. The molecule has 2 aromatic heterocycles. The third kappa shape index (κ3) is 2.82. The van der Waals surface area contributed by atoms with Crippen LogP contribution < -0.4 is 0 Å². The minimum Gasteiger partial charge on any atom is -0.296 e. The van der Waals surface area contributed by atoms with Crippen molar-refractivity contribution in [2.75, 3.05) is 0 Å². The molecule has 3 aromatic rings. The molecule has 2 heterocycles. The van der Waals surface area contributed by atoms with E-state index in [1.54, 1.807) is 16.6 Å². The van der Waals surface area contributed by atoms with Gasteiger partial charge in [0.2, 0.25) is 4.96 Å². The van der Waals surface area contributed by atoms with E-state index in [9.17, 15) is 14.9 Å². The monoisotopic (exact) mass is 356 g/mol. The molecular formula is C17H16N4O3S. The van der Waals surface area contributed by atoms with E-state index < -0.39 is 4.92 Å². The molecule has 0 bridgehead atoms. The van der Waals surface area contributed by atoms with E-state index in [0.29, 0.717) is 27.8 Å². The van der Waals surface area contributed by atoms with E-state index in [0.717, 1.165) is 24.1 Å². The van der Waals surface area contributed by atoms with Crippen LogP contribution in [0.4, 0.5) is 5.69 Å². The maximum absolute atomic E-state index is 11.6. The van der Waals surface area contributed by atoms with E-state index in [-0.39, 0.29) is 5.69 Å². The highest BCUT2D eigenvalue weighted by Crippen LogP contribution is 2.36. The number of nitro benzene ring substituents is 1. The zero-order valence-electron chi connectivity index (χ0n) is 13.4. The molecule has 0 N–H and O–H groups in total. The van der Waals surface area contributed by atoms with Crippen molar-refractivity contribution in [1.82, 2.24) is 14.6 Å². The minimum absolute atomic E-state index is 0.0263. The molecule has 1 fully saturated rings. The van der Waals surface area contributed by atoms with Crippen molar-refractivity contribution in [1.29, 1.82) is 0 Å². The van der Waals surface area contributed by atoms with Crippen molar-refractivity contribution in [3.8, 4) is 11.3 Å². The van der Waals surface area contributed by atoms with E-state index >= 15 is 0 Å². The molecule has 4 rings (SSSR count). The summed E-state index contributed by atoms with van der Waals surface area (Å²) in [5.74, 6) is 0.446. The van der Waals surface area contributed by atoms with Crippen molar-refractivity contribution in [2.24, 2.45) is 0 Å². The number of benzene rings is 1. The SMILES string of the molecule is O=Cc1c(-c2cccc([N+](=O)[O-])c2)nc2sc(C3CCCCC3)nn12. The lowest BCUT2D eigenvalue weighted by molar-refractivity contribution is -0.384. The van der Waals surface area contributed by atoms with Gasteiger partial charge < -0.3 is 0 Å². The van der Waals surface area contributed by atoms with Crippen LogP contribution in [-0.4, -0.2) is 25.8 Å².